The highest BCUT2D eigenvalue weighted by Crippen LogP contribution is 2.46. The number of hydrogen-bond acceptors (Lipinski definition) is 6. The summed E-state index contributed by atoms with van der Waals surface area (Å²) >= 11 is 6.29. The lowest BCUT2D eigenvalue weighted by Gasteiger charge is -2.29. The third-order valence-electron chi connectivity index (χ3n) is 6.87. The molecular formula is C29H32ClN3O5S. The fourth-order valence-corrected chi connectivity index (χ4v) is 6.63. The second-order valence-electron chi connectivity index (χ2n) is 10.9. The average Bonchev–Trinajstić information content (AvgIpc) is 3.10. The van der Waals surface area contributed by atoms with Crippen LogP contribution < -0.4 is 14.5 Å². The quantitative estimate of drug-likeness (QED) is 0.465. The molecule has 0 radical (unpaired) electrons. The lowest BCUT2D eigenvalue weighted by atomic mass is 9.87. The van der Waals surface area contributed by atoms with Gasteiger partial charge in [0.2, 0.25) is 10.0 Å². The van der Waals surface area contributed by atoms with E-state index in [0.29, 0.717) is 29.5 Å². The van der Waals surface area contributed by atoms with Crippen LogP contribution in [0.15, 0.2) is 71.6 Å². The largest absolute Gasteiger partial charge is 0.378 e. The fourth-order valence-electron chi connectivity index (χ4n) is 5.04. The lowest BCUT2D eigenvalue weighted by Crippen LogP contribution is -2.41. The molecule has 3 aromatic rings. The first-order valence-corrected chi connectivity index (χ1v) is 14.7. The summed E-state index contributed by atoms with van der Waals surface area (Å²) < 4.78 is 33.6. The molecule has 2 N–H and O–H groups in total. The van der Waals surface area contributed by atoms with Gasteiger partial charge in [0.15, 0.2) is 5.60 Å². The molecule has 10 heteroatoms. The van der Waals surface area contributed by atoms with Crippen LogP contribution in [0.4, 0.5) is 11.4 Å². The zero-order valence-electron chi connectivity index (χ0n) is 22.1. The number of nitrogens with zero attached hydrogens (tertiary/aromatic N) is 2. The maximum Gasteiger partial charge on any atom is 0.268 e. The van der Waals surface area contributed by atoms with E-state index in [4.69, 9.17) is 16.3 Å². The van der Waals surface area contributed by atoms with Crippen molar-refractivity contribution in [3.63, 3.8) is 0 Å². The number of carbonyl (C=O) groups excluding carboxylic acids is 1. The number of rotatable bonds is 6. The Morgan fingerprint density at radius 1 is 1.00 bits per heavy atom. The summed E-state index contributed by atoms with van der Waals surface area (Å²) in [4.78, 5) is 17.7. The van der Waals surface area contributed by atoms with Gasteiger partial charge in [0, 0.05) is 34.9 Å². The Balaban J connectivity index is 1.45. The van der Waals surface area contributed by atoms with Crippen molar-refractivity contribution < 1.29 is 23.1 Å². The molecule has 1 atom stereocenters. The molecule has 0 saturated carbocycles. The highest BCUT2D eigenvalue weighted by molar-refractivity contribution is 7.89. The number of sulfonamides is 1. The molecule has 39 heavy (non-hydrogen) atoms. The summed E-state index contributed by atoms with van der Waals surface area (Å²) in [6.07, 6.45) is 0. The number of fused-ring (bicyclic) bond motifs is 1. The molecule has 8 nitrogen and oxygen atoms in total. The summed E-state index contributed by atoms with van der Waals surface area (Å²) in [5, 5.41) is 12.3. The summed E-state index contributed by atoms with van der Waals surface area (Å²) in [5.74, 6) is -0.527. The van der Waals surface area contributed by atoms with Gasteiger partial charge in [-0.25, -0.2) is 13.1 Å². The molecular weight excluding hydrogens is 538 g/mol. The van der Waals surface area contributed by atoms with E-state index in [1.165, 1.54) is 24.3 Å². The number of hydrogen-bond donors (Lipinski definition) is 2. The van der Waals surface area contributed by atoms with Crippen molar-refractivity contribution >= 4 is 38.9 Å². The van der Waals surface area contributed by atoms with Gasteiger partial charge in [-0.15, -0.1) is 0 Å². The zero-order valence-corrected chi connectivity index (χ0v) is 23.7. The fraction of sp³-hybridized carbons (Fsp3) is 0.345. The maximum absolute atomic E-state index is 13.9. The number of nitrogens with one attached hydrogen (secondary N) is 1. The molecule has 1 fully saturated rings. The van der Waals surface area contributed by atoms with Crippen molar-refractivity contribution in [3.05, 3.63) is 88.4 Å². The first kappa shape index (κ1) is 27.6. The Morgan fingerprint density at radius 3 is 2.26 bits per heavy atom. The van der Waals surface area contributed by atoms with Crippen LogP contribution in [-0.4, -0.2) is 51.3 Å². The van der Waals surface area contributed by atoms with Crippen molar-refractivity contribution in [1.82, 2.24) is 4.72 Å². The van der Waals surface area contributed by atoms with Crippen LogP contribution >= 0.6 is 11.6 Å². The van der Waals surface area contributed by atoms with Gasteiger partial charge in [-0.05, 0) is 74.4 Å². The molecule has 3 aromatic carbocycles. The standard InChI is InChI=1S/C29H32ClN3O5S/c1-28(2,3)31-39(36,37)24-11-6-21(7-12-24)29(35)25-18-22(30)8-13-26(25)33(27(29)34)19-20-4-9-23(10-5-20)32-14-16-38-17-15-32/h4-13,18,31,35H,14-17,19H2,1-3H3. The second kappa shape index (κ2) is 10.2. The number of halogens is 1. The van der Waals surface area contributed by atoms with E-state index in [0.717, 1.165) is 24.3 Å². The van der Waals surface area contributed by atoms with Crippen LogP contribution in [0.1, 0.15) is 37.5 Å². The van der Waals surface area contributed by atoms with Crippen LogP contribution in [0.5, 0.6) is 0 Å². The molecule has 1 amide bonds. The van der Waals surface area contributed by atoms with E-state index < -0.39 is 27.1 Å². The Hall–Kier alpha value is -2.95. The van der Waals surface area contributed by atoms with Crippen LogP contribution in [0, 0.1) is 0 Å². The predicted octanol–water partition coefficient (Wildman–Crippen LogP) is 4.04. The smallest absolute Gasteiger partial charge is 0.268 e. The van der Waals surface area contributed by atoms with E-state index in [9.17, 15) is 18.3 Å². The van der Waals surface area contributed by atoms with Crippen LogP contribution in [0.3, 0.4) is 0 Å². The molecule has 2 aliphatic heterocycles. The number of anilines is 2. The Kier molecular flexibility index (Phi) is 7.24. The topological polar surface area (TPSA) is 99.2 Å². The van der Waals surface area contributed by atoms with E-state index in [1.807, 2.05) is 24.3 Å². The van der Waals surface area contributed by atoms with E-state index in [2.05, 4.69) is 9.62 Å². The molecule has 206 valence electrons. The molecule has 0 aromatic heterocycles. The van der Waals surface area contributed by atoms with Gasteiger partial charge in [-0.1, -0.05) is 35.9 Å². The molecule has 1 saturated heterocycles. The normalized spacial score (nSPS) is 19.9. The van der Waals surface area contributed by atoms with Crippen LogP contribution in [0.25, 0.3) is 0 Å². The molecule has 5 rings (SSSR count). The Labute approximate surface area is 234 Å². The molecule has 0 spiro atoms. The first-order chi connectivity index (χ1) is 18.4. The minimum absolute atomic E-state index is 0.0405. The van der Waals surface area contributed by atoms with E-state index in [-0.39, 0.29) is 17.0 Å². The van der Waals surface area contributed by atoms with Crippen molar-refractivity contribution in [2.45, 2.75) is 43.4 Å². The van der Waals surface area contributed by atoms with E-state index in [1.54, 1.807) is 43.9 Å². The van der Waals surface area contributed by atoms with Crippen molar-refractivity contribution in [3.8, 4) is 0 Å². The molecule has 2 heterocycles. The number of amides is 1. The van der Waals surface area contributed by atoms with Gasteiger partial charge >= 0.3 is 0 Å². The summed E-state index contributed by atoms with van der Waals surface area (Å²) in [6, 6.07) is 18.7. The summed E-state index contributed by atoms with van der Waals surface area (Å²) in [6.45, 7) is 8.57. The van der Waals surface area contributed by atoms with Gasteiger partial charge in [-0.3, -0.25) is 4.79 Å². The number of aliphatic hydroxyl groups is 1. The third-order valence-corrected chi connectivity index (χ3v) is 8.88. The zero-order chi connectivity index (χ0) is 28.0. The molecule has 2 aliphatic rings. The minimum Gasteiger partial charge on any atom is -0.378 e. The predicted molar refractivity (Wildman–Crippen MR) is 152 cm³/mol. The second-order valence-corrected chi connectivity index (χ2v) is 13.0. The van der Waals surface area contributed by atoms with Gasteiger partial charge in [0.1, 0.15) is 0 Å². The molecule has 0 aliphatic carbocycles. The number of carbonyl (C=O) groups is 1. The van der Waals surface area contributed by atoms with Crippen LogP contribution in [-0.2, 0) is 31.7 Å². The van der Waals surface area contributed by atoms with Crippen LogP contribution in [0.2, 0.25) is 5.02 Å². The van der Waals surface area contributed by atoms with Gasteiger partial charge in [0.25, 0.3) is 5.91 Å². The maximum atomic E-state index is 13.9. The Morgan fingerprint density at radius 2 is 1.64 bits per heavy atom. The van der Waals surface area contributed by atoms with Gasteiger partial charge < -0.3 is 19.6 Å². The van der Waals surface area contributed by atoms with E-state index >= 15 is 0 Å². The number of ether oxygens (including phenoxy) is 1. The lowest BCUT2D eigenvalue weighted by molar-refractivity contribution is -0.132. The monoisotopic (exact) mass is 569 g/mol. The van der Waals surface area contributed by atoms with Gasteiger partial charge in [0.05, 0.1) is 30.3 Å². The number of benzene rings is 3. The van der Waals surface area contributed by atoms with Crippen molar-refractivity contribution in [1.29, 1.82) is 0 Å². The van der Waals surface area contributed by atoms with Crippen molar-refractivity contribution in [2.24, 2.45) is 0 Å². The first-order valence-electron chi connectivity index (χ1n) is 12.8. The Bertz CT molecular complexity index is 1480. The number of morpholine rings is 1. The molecule has 0 bridgehead atoms. The van der Waals surface area contributed by atoms with Gasteiger partial charge in [-0.2, -0.15) is 0 Å². The van der Waals surface area contributed by atoms with Crippen molar-refractivity contribution in [2.75, 3.05) is 36.1 Å². The SMILES string of the molecule is CC(C)(C)NS(=O)(=O)c1ccc(C2(O)C(=O)N(Cc3ccc(N4CCOCC4)cc3)c3ccc(Cl)cc32)cc1. The molecule has 1 unspecified atom stereocenters. The third kappa shape index (κ3) is 5.42. The summed E-state index contributed by atoms with van der Waals surface area (Å²) in [5.41, 5.74) is 0.482. The average molecular weight is 570 g/mol. The summed E-state index contributed by atoms with van der Waals surface area (Å²) in [7, 11) is -3.78. The highest BCUT2D eigenvalue weighted by Gasteiger charge is 2.51. The minimum atomic E-state index is -3.78. The highest BCUT2D eigenvalue weighted by atomic mass is 35.5.